The summed E-state index contributed by atoms with van der Waals surface area (Å²) in [4.78, 5) is 71.9. The molecule has 6 saturated heterocycles. The van der Waals surface area contributed by atoms with Gasteiger partial charge < -0.3 is 30.9 Å². The van der Waals surface area contributed by atoms with E-state index in [0.717, 1.165) is 212 Å². The summed E-state index contributed by atoms with van der Waals surface area (Å²) in [7, 11) is -14.8. The molecule has 622 valence electrons. The number of carbonyl (C=O) groups excluding carboxylic acids is 5. The Morgan fingerprint density at radius 3 is 0.912 bits per heavy atom. The third-order valence-corrected chi connectivity index (χ3v) is 33.7. The molecule has 0 saturated carbocycles. The molecule has 14 aliphatic rings. The van der Waals surface area contributed by atoms with Gasteiger partial charge in [-0.25, -0.2) is 80.9 Å². The molecule has 114 heavy (non-hydrogen) atoms. The first-order valence-corrected chi connectivity index (χ1v) is 49.7. The molecule has 18 rings (SSSR count). The van der Waals surface area contributed by atoms with E-state index in [1.165, 1.54) is 77.9 Å². The van der Waals surface area contributed by atoms with Crippen molar-refractivity contribution >= 4 is 117 Å². The zero-order chi connectivity index (χ0) is 80.2. The average Bonchev–Trinajstić information content (AvgIpc) is 0.950. The summed E-state index contributed by atoms with van der Waals surface area (Å²) in [6.45, 7) is 10.5. The maximum Gasteiger partial charge on any atom is 0.410 e. The van der Waals surface area contributed by atoms with E-state index < -0.39 is 97.5 Å². The Bertz CT molecular complexity index is 4770. The average molecular weight is 1690 g/mol. The van der Waals surface area contributed by atoms with Crippen LogP contribution in [0.3, 0.4) is 0 Å². The number of sulfonamides is 4. The van der Waals surface area contributed by atoms with Crippen molar-refractivity contribution in [2.45, 2.75) is 214 Å². The SMILES string of the molecule is CC(C)(C)OC(=O)N1CC(N2CC(S(=O)(=O)NC(=O)Nc3c4c(cc5c3CCC5)CCC4)C2)C1.CSCCN1CC(S(=O)(=O)NC(=O)Nc2c3c(cc4c2CCC4)CCC3)C1.O=C(Nc1c2c(cc3c1CCC3)CCC2)NS(=O)(=O)C1CN(C2CSC2)C1.O=C(Nc1c2c(cc3c1CCC3)CCC2)NS(=O)(=O)C1CN(CCF)C1. The number of nitrogens with one attached hydrogen (secondary N) is 8. The van der Waals surface area contributed by atoms with Crippen LogP contribution in [0.2, 0.25) is 0 Å². The molecule has 34 heteroatoms. The first kappa shape index (κ1) is 82.6. The highest BCUT2D eigenvalue weighted by atomic mass is 32.2. The smallest absolute Gasteiger partial charge is 0.410 e. The van der Waals surface area contributed by atoms with Gasteiger partial charge >= 0.3 is 30.2 Å². The number of likely N-dealkylation sites (tertiary alicyclic amines) is 5. The van der Waals surface area contributed by atoms with Gasteiger partial charge in [0.15, 0.2) is 0 Å². The number of benzene rings is 4. The molecule has 0 bridgehead atoms. The first-order valence-electron chi connectivity index (χ1n) is 41.0. The molecule has 4 aromatic carbocycles. The van der Waals surface area contributed by atoms with Gasteiger partial charge in [-0.1, -0.05) is 24.3 Å². The number of hydrogen-bond donors (Lipinski definition) is 8. The zero-order valence-electron chi connectivity index (χ0n) is 65.8. The molecule has 0 atom stereocenters. The standard InChI is InChI=1S/C24H34N4O5S.C19H25N3O3S2.C19H27N3O3S2.C18H24FN3O3S/c1-24(2,3)33-23(30)28-11-17(12-28)27-13-18(14-27)34(31,32)26-22(29)25-21-19-8-4-6-15(19)10-16-7-5-9-20(16)21;23-19(21-27(24,25)15-8-22(9-15)14-10-26-11-14)20-18-16-5-1-3-12(16)7-13-4-2-6-17(13)18;1-26-9-8-22-11-15(12-22)27(24,25)21-19(23)20-18-16-6-2-4-13(16)10-14-5-3-7-17(14)18;19-7-8-22-10-14(11-22)26(24,25)21-18(23)20-17-15-5-1-3-12(15)9-13-4-2-6-16(13)17/h10,17-18H,4-9,11-14H2,1-3H3,(H2,25,26,29);7,14-15H,1-6,8-11H2,(H2,20,21,23);10,15H,2-9,11-12H2,1H3,(H2,20,21,23);9,14H,1-8,10-11H2,(H2,20,21,23). The van der Waals surface area contributed by atoms with Crippen LogP contribution < -0.4 is 40.2 Å². The number of rotatable bonds is 19. The second kappa shape index (κ2) is 34.1. The number of nitrogens with zero attached hydrogens (tertiary/aromatic N) is 5. The van der Waals surface area contributed by atoms with Gasteiger partial charge in [0, 0.05) is 131 Å². The predicted molar refractivity (Wildman–Crippen MR) is 445 cm³/mol. The zero-order valence-corrected chi connectivity index (χ0v) is 70.7. The molecular weight excluding hydrogens is 1580 g/mol. The second-order valence-corrected chi connectivity index (χ2v) is 44.1. The Hall–Kier alpha value is -6.50. The number of ether oxygens (including phenoxy) is 1. The van der Waals surface area contributed by atoms with Crippen LogP contribution in [0, 0.1) is 0 Å². The fourth-order valence-electron chi connectivity index (χ4n) is 18.9. The number of halogens is 1. The van der Waals surface area contributed by atoms with E-state index in [1.807, 2.05) is 43.7 Å². The van der Waals surface area contributed by atoms with Crippen molar-refractivity contribution < 1.29 is 66.8 Å². The van der Waals surface area contributed by atoms with Crippen molar-refractivity contribution in [1.82, 2.24) is 43.4 Å². The Labute approximate surface area is 679 Å². The highest BCUT2D eigenvalue weighted by Gasteiger charge is 2.48. The van der Waals surface area contributed by atoms with Crippen LogP contribution in [0.15, 0.2) is 24.3 Å². The lowest BCUT2D eigenvalue weighted by Crippen LogP contribution is -2.69. The number of fused-ring (bicyclic) bond motifs is 8. The highest BCUT2D eigenvalue weighted by molar-refractivity contribution is 8.00. The molecule has 9 amide bonds. The molecule has 8 aliphatic carbocycles. The third kappa shape index (κ3) is 18.2. The van der Waals surface area contributed by atoms with Crippen molar-refractivity contribution in [1.29, 1.82) is 0 Å². The summed E-state index contributed by atoms with van der Waals surface area (Å²) >= 11 is 3.64. The molecule has 6 fully saturated rings. The monoisotopic (exact) mass is 1690 g/mol. The normalized spacial score (nSPS) is 20.7. The molecule has 4 aromatic rings. The molecule has 6 aliphatic heterocycles. The van der Waals surface area contributed by atoms with Crippen LogP contribution >= 0.6 is 23.5 Å². The summed E-state index contributed by atoms with van der Waals surface area (Å²) in [6, 6.07) is 7.18. The fraction of sp³-hybridized carbons (Fsp3) is 0.637. The van der Waals surface area contributed by atoms with Crippen LogP contribution in [0.4, 0.5) is 51.1 Å². The first-order chi connectivity index (χ1) is 54.5. The Morgan fingerprint density at radius 1 is 0.404 bits per heavy atom. The number of alkyl halides is 1. The van der Waals surface area contributed by atoms with Crippen LogP contribution in [0.5, 0.6) is 0 Å². The highest BCUT2D eigenvalue weighted by Crippen LogP contribution is 2.44. The van der Waals surface area contributed by atoms with E-state index in [4.69, 9.17) is 4.74 Å². The van der Waals surface area contributed by atoms with Gasteiger partial charge in [0.25, 0.3) is 0 Å². The fourth-order valence-corrected chi connectivity index (χ4v) is 25.3. The topological polar surface area (TPSA) is 344 Å². The van der Waals surface area contributed by atoms with Crippen LogP contribution in [0.25, 0.3) is 0 Å². The van der Waals surface area contributed by atoms with Gasteiger partial charge in [0.1, 0.15) is 33.3 Å². The molecule has 6 heterocycles. The number of anilines is 4. The summed E-state index contributed by atoms with van der Waals surface area (Å²) < 4.78 is 127. The summed E-state index contributed by atoms with van der Waals surface area (Å²) in [5, 5.41) is 9.26. The Kier molecular flexibility index (Phi) is 24.7. The number of urea groups is 4. The Morgan fingerprint density at radius 2 is 0.667 bits per heavy atom. The molecule has 0 aromatic heterocycles. The lowest BCUT2D eigenvalue weighted by atomic mass is 9.99. The minimum atomic E-state index is -3.78. The Balaban J connectivity index is 0.000000120. The third-order valence-electron chi connectivity index (χ3n) is 25.3. The van der Waals surface area contributed by atoms with Gasteiger partial charge in [0.2, 0.25) is 40.1 Å². The minimum absolute atomic E-state index is 0.127. The molecule has 27 nitrogen and oxygen atoms in total. The second-order valence-electron chi connectivity index (χ2n) is 34.2. The van der Waals surface area contributed by atoms with E-state index in [2.05, 4.69) is 74.2 Å². The molecule has 0 radical (unpaired) electrons. The van der Waals surface area contributed by atoms with E-state index >= 15 is 0 Å². The lowest BCUT2D eigenvalue weighted by Gasteiger charge is -2.51. The maximum atomic E-state index is 12.8. The van der Waals surface area contributed by atoms with Gasteiger partial charge in [-0.2, -0.15) is 23.5 Å². The molecule has 8 N–H and O–H groups in total. The van der Waals surface area contributed by atoms with Crippen molar-refractivity contribution in [3.8, 4) is 0 Å². The van der Waals surface area contributed by atoms with Crippen LogP contribution in [0.1, 0.15) is 161 Å². The molecular formula is C80H110FN13O14S6. The number of thioether (sulfide) groups is 2. The van der Waals surface area contributed by atoms with Gasteiger partial charge in [-0.15, -0.1) is 0 Å². The number of hydrogen-bond acceptors (Lipinski definition) is 20. The largest absolute Gasteiger partial charge is 0.444 e. The van der Waals surface area contributed by atoms with E-state index in [1.54, 1.807) is 21.6 Å². The summed E-state index contributed by atoms with van der Waals surface area (Å²) in [6.07, 6.45) is 26.1. The van der Waals surface area contributed by atoms with E-state index in [-0.39, 0.29) is 31.8 Å². The van der Waals surface area contributed by atoms with E-state index in [9.17, 15) is 62.0 Å². The van der Waals surface area contributed by atoms with Gasteiger partial charge in [-0.3, -0.25) is 19.6 Å². The van der Waals surface area contributed by atoms with E-state index in [0.29, 0.717) is 58.4 Å². The molecule has 0 unspecified atom stereocenters. The van der Waals surface area contributed by atoms with Gasteiger partial charge in [-0.05, 0) is 270 Å². The molecule has 0 spiro atoms. The van der Waals surface area contributed by atoms with Crippen molar-refractivity contribution in [3.63, 3.8) is 0 Å². The van der Waals surface area contributed by atoms with Crippen LogP contribution in [-0.2, 0) is 148 Å². The predicted octanol–water partition coefficient (Wildman–Crippen LogP) is 8.27. The van der Waals surface area contributed by atoms with Gasteiger partial charge in [0.05, 0.1) is 0 Å². The lowest BCUT2D eigenvalue weighted by molar-refractivity contribution is -0.0275. The van der Waals surface area contributed by atoms with Crippen molar-refractivity contribution in [2.24, 2.45) is 0 Å². The maximum absolute atomic E-state index is 12.8. The summed E-state index contributed by atoms with van der Waals surface area (Å²) in [5.41, 5.74) is 22.8. The number of carbonyl (C=O) groups is 5. The minimum Gasteiger partial charge on any atom is -0.444 e. The van der Waals surface area contributed by atoms with Crippen LogP contribution in [-0.4, -0.2) is 236 Å². The summed E-state index contributed by atoms with van der Waals surface area (Å²) in [5.74, 6) is 3.17. The number of aryl methyl sites for hydroxylation is 8. The van der Waals surface area contributed by atoms with Crippen molar-refractivity contribution in [3.05, 3.63) is 113 Å². The quantitative estimate of drug-likeness (QED) is 0.0438. The van der Waals surface area contributed by atoms with Crippen molar-refractivity contribution in [2.75, 3.05) is 130 Å². The number of amides is 9.